The summed E-state index contributed by atoms with van der Waals surface area (Å²) >= 11 is 0. The Morgan fingerprint density at radius 3 is 2.57 bits per heavy atom. The Morgan fingerprint density at radius 2 is 1.87 bits per heavy atom. The molecule has 2 rings (SSSR count). The number of rotatable bonds is 10. The molecule has 23 heavy (non-hydrogen) atoms. The van der Waals surface area contributed by atoms with Crippen LogP contribution in [0.15, 0.2) is 30.3 Å². The summed E-state index contributed by atoms with van der Waals surface area (Å²) in [5.41, 5.74) is 1.39. The molecule has 0 saturated carbocycles. The third-order valence-electron chi connectivity index (χ3n) is 4.95. The Kier molecular flexibility index (Phi) is 8.07. The van der Waals surface area contributed by atoms with E-state index in [4.69, 9.17) is 9.47 Å². The summed E-state index contributed by atoms with van der Waals surface area (Å²) in [4.78, 5) is 0. The predicted octanol–water partition coefficient (Wildman–Crippen LogP) is 4.31. The summed E-state index contributed by atoms with van der Waals surface area (Å²) in [5, 5.41) is 3.42. The summed E-state index contributed by atoms with van der Waals surface area (Å²) < 4.78 is 12.2. The van der Waals surface area contributed by atoms with Crippen molar-refractivity contribution in [3.05, 3.63) is 35.9 Å². The number of nitrogens with one attached hydrogen (secondary N) is 1. The van der Waals surface area contributed by atoms with E-state index in [0.717, 1.165) is 51.8 Å². The van der Waals surface area contributed by atoms with E-state index < -0.39 is 0 Å². The van der Waals surface area contributed by atoms with Gasteiger partial charge in [0.1, 0.15) is 0 Å². The molecule has 1 atom stereocenters. The number of hydrogen-bond donors (Lipinski definition) is 1. The van der Waals surface area contributed by atoms with Gasteiger partial charge in [-0.2, -0.15) is 0 Å². The maximum absolute atomic E-state index is 6.25. The molecule has 130 valence electrons. The highest BCUT2D eigenvalue weighted by Gasteiger charge is 2.30. The van der Waals surface area contributed by atoms with Crippen LogP contribution in [0.1, 0.15) is 57.9 Å². The zero-order valence-corrected chi connectivity index (χ0v) is 14.9. The minimum atomic E-state index is 0.140. The molecule has 0 aliphatic carbocycles. The van der Waals surface area contributed by atoms with Crippen LogP contribution in [0.3, 0.4) is 0 Å². The minimum absolute atomic E-state index is 0.140. The molecular formula is C20H33NO2. The zero-order valence-electron chi connectivity index (χ0n) is 14.9. The summed E-state index contributed by atoms with van der Waals surface area (Å²) in [6.45, 7) is 8.22. The van der Waals surface area contributed by atoms with Gasteiger partial charge in [-0.15, -0.1) is 0 Å². The molecule has 0 aromatic heterocycles. The van der Waals surface area contributed by atoms with Crippen molar-refractivity contribution in [2.75, 3.05) is 19.7 Å². The van der Waals surface area contributed by atoms with Gasteiger partial charge in [-0.3, -0.25) is 0 Å². The van der Waals surface area contributed by atoms with Crippen LogP contribution in [-0.2, 0) is 16.1 Å². The van der Waals surface area contributed by atoms with Gasteiger partial charge < -0.3 is 14.8 Å². The Balaban J connectivity index is 1.54. The van der Waals surface area contributed by atoms with Crippen LogP contribution < -0.4 is 5.32 Å². The second kappa shape index (κ2) is 10.1. The predicted molar refractivity (Wildman–Crippen MR) is 95.6 cm³/mol. The average Bonchev–Trinajstić information content (AvgIpc) is 2.61. The van der Waals surface area contributed by atoms with Gasteiger partial charge in [0.05, 0.1) is 18.3 Å². The van der Waals surface area contributed by atoms with Gasteiger partial charge in [0.2, 0.25) is 0 Å². The minimum Gasteiger partial charge on any atom is -0.375 e. The molecule has 1 aromatic rings. The van der Waals surface area contributed by atoms with Gasteiger partial charge in [0, 0.05) is 6.61 Å². The van der Waals surface area contributed by atoms with Crippen LogP contribution in [0.5, 0.6) is 0 Å². The van der Waals surface area contributed by atoms with Gasteiger partial charge in [0.15, 0.2) is 0 Å². The van der Waals surface area contributed by atoms with E-state index in [0.29, 0.717) is 12.7 Å². The Hall–Kier alpha value is -0.900. The van der Waals surface area contributed by atoms with Crippen LogP contribution in [-0.4, -0.2) is 31.4 Å². The number of benzene rings is 1. The fourth-order valence-corrected chi connectivity index (χ4v) is 3.20. The molecule has 1 unspecified atom stereocenters. The van der Waals surface area contributed by atoms with E-state index in [1.165, 1.54) is 12.0 Å². The second-order valence-electron chi connectivity index (χ2n) is 6.74. The van der Waals surface area contributed by atoms with Gasteiger partial charge in [-0.1, -0.05) is 37.3 Å². The van der Waals surface area contributed by atoms with E-state index in [1.54, 1.807) is 0 Å². The lowest BCUT2D eigenvalue weighted by Crippen LogP contribution is -2.43. The maximum Gasteiger partial charge on any atom is 0.0720 e. The molecule has 0 bridgehead atoms. The number of hydrogen-bond acceptors (Lipinski definition) is 3. The lowest BCUT2D eigenvalue weighted by atomic mass is 9.89. The largest absolute Gasteiger partial charge is 0.375 e. The normalized spacial score (nSPS) is 18.7. The molecule has 0 amide bonds. The summed E-state index contributed by atoms with van der Waals surface area (Å²) in [5.74, 6) is 0. The van der Waals surface area contributed by atoms with Gasteiger partial charge in [-0.05, 0) is 64.1 Å². The molecule has 0 radical (unpaired) electrons. The molecule has 0 spiro atoms. The van der Waals surface area contributed by atoms with Crippen molar-refractivity contribution >= 4 is 0 Å². The van der Waals surface area contributed by atoms with Gasteiger partial charge >= 0.3 is 0 Å². The first-order valence-electron chi connectivity index (χ1n) is 9.24. The van der Waals surface area contributed by atoms with E-state index in [9.17, 15) is 0 Å². The maximum atomic E-state index is 6.25. The highest BCUT2D eigenvalue weighted by Crippen LogP contribution is 2.27. The monoisotopic (exact) mass is 319 g/mol. The highest BCUT2D eigenvalue weighted by atomic mass is 16.5. The number of unbranched alkanes of at least 4 members (excludes halogenated alkanes) is 1. The SMILES string of the molecule is CCC1(OCCCCC(C)OCc2ccccc2)CCNCC1. The van der Waals surface area contributed by atoms with Crippen molar-refractivity contribution in [1.82, 2.24) is 5.32 Å². The first-order chi connectivity index (χ1) is 11.2. The molecule has 1 aliphatic heterocycles. The zero-order chi connectivity index (χ0) is 16.4. The first-order valence-corrected chi connectivity index (χ1v) is 9.24. The van der Waals surface area contributed by atoms with Crippen LogP contribution in [0.25, 0.3) is 0 Å². The van der Waals surface area contributed by atoms with E-state index in [1.807, 2.05) is 6.07 Å². The lowest BCUT2D eigenvalue weighted by Gasteiger charge is -2.37. The molecule has 1 heterocycles. The quantitative estimate of drug-likeness (QED) is 0.652. The topological polar surface area (TPSA) is 30.5 Å². The Bertz CT molecular complexity index is 415. The first kappa shape index (κ1) is 18.4. The molecule has 1 N–H and O–H groups in total. The third kappa shape index (κ3) is 6.62. The molecular weight excluding hydrogens is 286 g/mol. The van der Waals surface area contributed by atoms with Crippen molar-refractivity contribution in [3.63, 3.8) is 0 Å². The van der Waals surface area contributed by atoms with E-state index >= 15 is 0 Å². The fraction of sp³-hybridized carbons (Fsp3) is 0.700. The molecule has 3 heteroatoms. The Morgan fingerprint density at radius 1 is 1.13 bits per heavy atom. The second-order valence-corrected chi connectivity index (χ2v) is 6.74. The molecule has 1 fully saturated rings. The van der Waals surface area contributed by atoms with E-state index in [2.05, 4.69) is 43.4 Å². The van der Waals surface area contributed by atoms with Crippen LogP contribution in [0.2, 0.25) is 0 Å². The standard InChI is InChI=1S/C20H33NO2/c1-3-20(12-14-21-15-13-20)23-16-8-7-9-18(2)22-17-19-10-5-4-6-11-19/h4-6,10-11,18,21H,3,7-9,12-17H2,1-2H3. The molecule has 1 saturated heterocycles. The van der Waals surface area contributed by atoms with Gasteiger partial charge in [0.25, 0.3) is 0 Å². The van der Waals surface area contributed by atoms with Gasteiger partial charge in [-0.25, -0.2) is 0 Å². The highest BCUT2D eigenvalue weighted by molar-refractivity contribution is 5.13. The number of ether oxygens (including phenoxy) is 2. The van der Waals surface area contributed by atoms with Crippen molar-refractivity contribution in [3.8, 4) is 0 Å². The van der Waals surface area contributed by atoms with Crippen molar-refractivity contribution in [2.24, 2.45) is 0 Å². The van der Waals surface area contributed by atoms with Crippen LogP contribution >= 0.6 is 0 Å². The number of piperidine rings is 1. The third-order valence-corrected chi connectivity index (χ3v) is 4.95. The van der Waals surface area contributed by atoms with Crippen molar-refractivity contribution < 1.29 is 9.47 Å². The lowest BCUT2D eigenvalue weighted by molar-refractivity contribution is -0.0700. The molecule has 1 aliphatic rings. The van der Waals surface area contributed by atoms with Crippen molar-refractivity contribution in [1.29, 1.82) is 0 Å². The fourth-order valence-electron chi connectivity index (χ4n) is 3.20. The van der Waals surface area contributed by atoms with E-state index in [-0.39, 0.29) is 5.60 Å². The summed E-state index contributed by atoms with van der Waals surface area (Å²) in [6, 6.07) is 10.4. The average molecular weight is 319 g/mol. The Labute approximate surface area is 141 Å². The van der Waals surface area contributed by atoms with Crippen molar-refractivity contribution in [2.45, 2.75) is 70.7 Å². The van der Waals surface area contributed by atoms with Crippen LogP contribution in [0, 0.1) is 0 Å². The van der Waals surface area contributed by atoms with Crippen LogP contribution in [0.4, 0.5) is 0 Å². The molecule has 3 nitrogen and oxygen atoms in total. The summed E-state index contributed by atoms with van der Waals surface area (Å²) in [6.07, 6.45) is 7.17. The molecule has 1 aromatic carbocycles. The summed E-state index contributed by atoms with van der Waals surface area (Å²) in [7, 11) is 0. The smallest absolute Gasteiger partial charge is 0.0720 e.